The molecule has 0 amide bonds. The molecule has 0 atom stereocenters. The zero-order chi connectivity index (χ0) is 13.4. The van der Waals surface area contributed by atoms with Crippen LogP contribution in [0.4, 0.5) is 4.39 Å². The van der Waals surface area contributed by atoms with Gasteiger partial charge in [-0.05, 0) is 37.3 Å². The topological polar surface area (TPSA) is 34.9 Å². The molecule has 2 aromatic carbocycles. The summed E-state index contributed by atoms with van der Waals surface area (Å²) in [4.78, 5) is 16.1. The minimum Gasteiger partial charge on any atom is -0.260 e. The Labute approximate surface area is 109 Å². The van der Waals surface area contributed by atoms with Crippen molar-refractivity contribution in [1.29, 1.82) is 0 Å². The zero-order valence-electron chi connectivity index (χ0n) is 10.3. The van der Waals surface area contributed by atoms with Gasteiger partial charge in [-0.3, -0.25) is 4.57 Å². The van der Waals surface area contributed by atoms with Crippen LogP contribution in [-0.4, -0.2) is 9.55 Å². The highest BCUT2D eigenvalue weighted by Gasteiger charge is 2.10. The van der Waals surface area contributed by atoms with Gasteiger partial charge in [0.2, 0.25) is 0 Å². The highest BCUT2D eigenvalue weighted by atomic mass is 19.1. The Hall–Kier alpha value is -2.49. The van der Waals surface area contributed by atoms with E-state index in [1.54, 1.807) is 25.1 Å². The smallest absolute Gasteiger partial charge is 0.260 e. The minimum absolute atomic E-state index is 0.373. The van der Waals surface area contributed by atoms with Crippen molar-refractivity contribution in [2.24, 2.45) is 0 Å². The Kier molecular flexibility index (Phi) is 2.63. The van der Waals surface area contributed by atoms with Crippen LogP contribution in [0.15, 0.2) is 53.3 Å². The summed E-state index contributed by atoms with van der Waals surface area (Å²) in [7, 11) is 0. The molecule has 3 rings (SSSR count). The van der Waals surface area contributed by atoms with Crippen molar-refractivity contribution in [2.45, 2.75) is 6.92 Å². The van der Waals surface area contributed by atoms with Crippen LogP contribution in [0.1, 0.15) is 5.69 Å². The second-order valence-electron chi connectivity index (χ2n) is 4.31. The molecule has 94 valence electrons. The van der Waals surface area contributed by atoms with E-state index in [0.29, 0.717) is 16.9 Å². The van der Waals surface area contributed by atoms with Crippen molar-refractivity contribution in [3.63, 3.8) is 0 Å². The van der Waals surface area contributed by atoms with Crippen molar-refractivity contribution in [3.05, 3.63) is 70.5 Å². The molecule has 0 radical (unpaired) electrons. The Morgan fingerprint density at radius 3 is 2.58 bits per heavy atom. The number of benzene rings is 2. The number of fused-ring (bicyclic) bond motifs is 1. The zero-order valence-corrected chi connectivity index (χ0v) is 10.3. The number of rotatable bonds is 1. The second kappa shape index (κ2) is 4.31. The first-order valence-electron chi connectivity index (χ1n) is 5.91. The lowest BCUT2D eigenvalue weighted by Gasteiger charge is -2.11. The summed E-state index contributed by atoms with van der Waals surface area (Å²) in [6.07, 6.45) is 0. The van der Waals surface area contributed by atoms with Crippen LogP contribution in [0, 0.1) is 12.7 Å². The van der Waals surface area contributed by atoms with E-state index in [4.69, 9.17) is 0 Å². The van der Waals surface area contributed by atoms with Crippen molar-refractivity contribution in [1.82, 2.24) is 9.55 Å². The van der Waals surface area contributed by atoms with Crippen LogP contribution in [0.5, 0.6) is 0 Å². The number of para-hydroxylation sites is 1. The largest absolute Gasteiger partial charge is 0.352 e. The number of hydrogen-bond acceptors (Lipinski definition) is 2. The Morgan fingerprint density at radius 2 is 1.84 bits per heavy atom. The minimum atomic E-state index is -0.401. The maximum Gasteiger partial charge on any atom is 0.352 e. The molecule has 0 N–H and O–H groups in total. The fraction of sp³-hybridized carbons (Fsp3) is 0.0667. The van der Waals surface area contributed by atoms with Crippen molar-refractivity contribution < 1.29 is 4.39 Å². The van der Waals surface area contributed by atoms with Crippen LogP contribution in [0.2, 0.25) is 0 Å². The van der Waals surface area contributed by atoms with E-state index >= 15 is 0 Å². The molecule has 3 nitrogen and oxygen atoms in total. The first-order valence-corrected chi connectivity index (χ1v) is 5.91. The molecule has 0 bridgehead atoms. The van der Waals surface area contributed by atoms with Crippen LogP contribution in [0.25, 0.3) is 16.6 Å². The summed E-state index contributed by atoms with van der Waals surface area (Å²) < 4.78 is 14.9. The molecule has 0 saturated heterocycles. The number of aryl methyl sites for hydroxylation is 1. The van der Waals surface area contributed by atoms with E-state index < -0.39 is 5.69 Å². The Bertz CT molecular complexity index is 809. The fourth-order valence-corrected chi connectivity index (χ4v) is 2.18. The molecule has 3 aromatic rings. The molecule has 0 unspecified atom stereocenters. The quantitative estimate of drug-likeness (QED) is 0.669. The first-order chi connectivity index (χ1) is 9.16. The summed E-state index contributed by atoms with van der Waals surface area (Å²) >= 11 is 0. The molecular weight excluding hydrogens is 243 g/mol. The van der Waals surface area contributed by atoms with E-state index in [0.717, 1.165) is 5.39 Å². The maximum absolute atomic E-state index is 13.5. The summed E-state index contributed by atoms with van der Waals surface area (Å²) in [6.45, 7) is 1.75. The average Bonchev–Trinajstić information content (AvgIpc) is 2.39. The number of hydrogen-bond donors (Lipinski definition) is 0. The Morgan fingerprint density at radius 1 is 1.11 bits per heavy atom. The molecule has 0 aliphatic rings. The summed E-state index contributed by atoms with van der Waals surface area (Å²) in [6, 6.07) is 13.5. The van der Waals surface area contributed by atoms with Gasteiger partial charge in [0.05, 0.1) is 16.9 Å². The number of halogens is 1. The molecule has 0 fully saturated rings. The van der Waals surface area contributed by atoms with Gasteiger partial charge in [-0.1, -0.05) is 18.2 Å². The molecular formula is C15H11FN2O. The van der Waals surface area contributed by atoms with Gasteiger partial charge in [0.25, 0.3) is 0 Å². The van der Waals surface area contributed by atoms with Crippen molar-refractivity contribution in [2.75, 3.05) is 0 Å². The molecule has 4 heteroatoms. The lowest BCUT2D eigenvalue weighted by atomic mass is 10.2. The third-order valence-electron chi connectivity index (χ3n) is 3.06. The van der Waals surface area contributed by atoms with Gasteiger partial charge in [0, 0.05) is 5.39 Å². The van der Waals surface area contributed by atoms with Crippen LogP contribution < -0.4 is 5.69 Å². The van der Waals surface area contributed by atoms with Gasteiger partial charge >= 0.3 is 5.69 Å². The molecule has 0 spiro atoms. The predicted molar refractivity (Wildman–Crippen MR) is 72.0 cm³/mol. The highest BCUT2D eigenvalue weighted by molar-refractivity contribution is 5.82. The van der Waals surface area contributed by atoms with E-state index in [-0.39, 0.29) is 5.82 Å². The predicted octanol–water partition coefficient (Wildman–Crippen LogP) is 2.83. The van der Waals surface area contributed by atoms with E-state index in [1.165, 1.54) is 16.7 Å². The summed E-state index contributed by atoms with van der Waals surface area (Å²) in [5, 5.41) is 0.768. The van der Waals surface area contributed by atoms with Crippen LogP contribution in [0.3, 0.4) is 0 Å². The van der Waals surface area contributed by atoms with Gasteiger partial charge in [0.15, 0.2) is 0 Å². The third-order valence-corrected chi connectivity index (χ3v) is 3.06. The van der Waals surface area contributed by atoms with E-state index in [9.17, 15) is 9.18 Å². The van der Waals surface area contributed by atoms with E-state index in [2.05, 4.69) is 4.98 Å². The van der Waals surface area contributed by atoms with Gasteiger partial charge in [-0.25, -0.2) is 9.18 Å². The van der Waals surface area contributed by atoms with Crippen molar-refractivity contribution >= 4 is 10.9 Å². The van der Waals surface area contributed by atoms with Crippen LogP contribution >= 0.6 is 0 Å². The molecule has 19 heavy (non-hydrogen) atoms. The average molecular weight is 254 g/mol. The van der Waals surface area contributed by atoms with E-state index in [1.807, 2.05) is 18.2 Å². The molecule has 1 heterocycles. The van der Waals surface area contributed by atoms with Gasteiger partial charge in [0.1, 0.15) is 5.82 Å². The van der Waals surface area contributed by atoms with Crippen molar-refractivity contribution in [3.8, 4) is 5.69 Å². The molecule has 1 aromatic heterocycles. The fourth-order valence-electron chi connectivity index (χ4n) is 2.18. The SMILES string of the molecule is Cc1nc(=O)n(-c2ccccc2)c2cc(F)ccc12. The van der Waals surface area contributed by atoms with Crippen LogP contribution in [-0.2, 0) is 0 Å². The molecule has 0 aliphatic carbocycles. The standard InChI is InChI=1S/C15H11FN2O/c1-10-13-8-7-11(16)9-14(13)18(15(19)17-10)12-5-3-2-4-6-12/h2-9H,1H3. The second-order valence-corrected chi connectivity index (χ2v) is 4.31. The monoisotopic (exact) mass is 254 g/mol. The van der Waals surface area contributed by atoms with Gasteiger partial charge < -0.3 is 0 Å². The summed E-state index contributed by atoms with van der Waals surface area (Å²) in [5.74, 6) is -0.373. The van der Waals surface area contributed by atoms with Gasteiger partial charge in [-0.15, -0.1) is 0 Å². The lowest BCUT2D eigenvalue weighted by Crippen LogP contribution is -2.22. The Balaban J connectivity index is 2.48. The number of aromatic nitrogens is 2. The molecule has 0 aliphatic heterocycles. The highest BCUT2D eigenvalue weighted by Crippen LogP contribution is 2.19. The molecule has 0 saturated carbocycles. The lowest BCUT2D eigenvalue weighted by molar-refractivity contribution is 0.628. The third kappa shape index (κ3) is 1.91. The normalized spacial score (nSPS) is 10.8. The van der Waals surface area contributed by atoms with Gasteiger partial charge in [-0.2, -0.15) is 4.98 Å². The summed E-state index contributed by atoms with van der Waals surface area (Å²) in [5.41, 5.74) is 1.41. The first kappa shape index (κ1) is 11.6. The number of nitrogens with zero attached hydrogens (tertiary/aromatic N) is 2. The maximum atomic E-state index is 13.5.